The number of sulfonamides is 1. The van der Waals surface area contributed by atoms with Crippen LogP contribution in [0.4, 0.5) is 0 Å². The van der Waals surface area contributed by atoms with Crippen molar-refractivity contribution in [1.82, 2.24) is 14.6 Å². The molecule has 1 aliphatic rings. The summed E-state index contributed by atoms with van der Waals surface area (Å²) >= 11 is 5.83. The predicted octanol–water partition coefficient (Wildman–Crippen LogP) is 2.45. The molecule has 2 heterocycles. The zero-order valence-corrected chi connectivity index (χ0v) is 15.7. The number of benzene rings is 1. The lowest BCUT2D eigenvalue weighted by Crippen LogP contribution is -2.45. The number of carbonyl (C=O) groups is 1. The fourth-order valence-electron chi connectivity index (χ4n) is 2.97. The topological polar surface area (TPSA) is 79.4 Å². The zero-order valence-electron chi connectivity index (χ0n) is 14.1. The Morgan fingerprint density at radius 2 is 2.04 bits per heavy atom. The van der Waals surface area contributed by atoms with Crippen molar-refractivity contribution in [1.29, 1.82) is 0 Å². The Morgan fingerprint density at radius 1 is 1.27 bits per heavy atom. The lowest BCUT2D eigenvalue weighted by atomic mass is 9.99. The number of halogens is 1. The van der Waals surface area contributed by atoms with Crippen molar-refractivity contribution in [2.45, 2.75) is 24.3 Å². The molecule has 1 unspecified atom stereocenters. The number of carbonyl (C=O) groups excluding carboxylic acids is 1. The Bertz CT molecular complexity index is 857. The normalized spacial score (nSPS) is 18.4. The third-order valence-electron chi connectivity index (χ3n) is 4.40. The molecular weight excluding hydrogens is 374 g/mol. The summed E-state index contributed by atoms with van der Waals surface area (Å²) < 4.78 is 27.0. The minimum absolute atomic E-state index is 0.134. The highest BCUT2D eigenvalue weighted by Gasteiger charge is 2.33. The Kier molecular flexibility index (Phi) is 5.90. The average Bonchev–Trinajstić information content (AvgIpc) is 2.67. The van der Waals surface area contributed by atoms with E-state index in [1.165, 1.54) is 16.4 Å². The smallest absolute Gasteiger partial charge is 0.243 e. The number of pyridine rings is 1. The molecule has 2 aromatic rings. The van der Waals surface area contributed by atoms with Gasteiger partial charge < -0.3 is 5.32 Å². The maximum Gasteiger partial charge on any atom is 0.243 e. The first-order chi connectivity index (χ1) is 12.5. The van der Waals surface area contributed by atoms with Gasteiger partial charge in [-0.15, -0.1) is 0 Å². The molecule has 1 aromatic heterocycles. The van der Waals surface area contributed by atoms with Crippen molar-refractivity contribution in [3.8, 4) is 0 Å². The van der Waals surface area contributed by atoms with Gasteiger partial charge >= 0.3 is 0 Å². The number of amides is 1. The van der Waals surface area contributed by atoms with E-state index < -0.39 is 10.0 Å². The van der Waals surface area contributed by atoms with Crippen LogP contribution >= 0.6 is 11.6 Å². The SMILES string of the molecule is O=C(NCc1cccnc1)C1CCCN(S(=O)(=O)c2ccc(Cl)cc2)C1. The largest absolute Gasteiger partial charge is 0.352 e. The van der Waals surface area contributed by atoms with E-state index in [2.05, 4.69) is 10.3 Å². The number of rotatable bonds is 5. The number of piperidine rings is 1. The molecule has 0 aliphatic carbocycles. The van der Waals surface area contributed by atoms with Gasteiger partial charge in [-0.05, 0) is 48.7 Å². The minimum Gasteiger partial charge on any atom is -0.352 e. The molecule has 1 fully saturated rings. The molecule has 0 radical (unpaired) electrons. The summed E-state index contributed by atoms with van der Waals surface area (Å²) in [6.45, 7) is 0.980. The van der Waals surface area contributed by atoms with Gasteiger partial charge in [-0.3, -0.25) is 9.78 Å². The van der Waals surface area contributed by atoms with E-state index in [-0.39, 0.29) is 23.3 Å². The van der Waals surface area contributed by atoms with Crippen LogP contribution in [0.2, 0.25) is 5.02 Å². The number of hydrogen-bond acceptors (Lipinski definition) is 4. The van der Waals surface area contributed by atoms with E-state index in [4.69, 9.17) is 11.6 Å². The maximum atomic E-state index is 12.8. The number of aromatic nitrogens is 1. The monoisotopic (exact) mass is 393 g/mol. The van der Waals surface area contributed by atoms with E-state index in [0.29, 0.717) is 31.0 Å². The average molecular weight is 394 g/mol. The first kappa shape index (κ1) is 18.8. The van der Waals surface area contributed by atoms with Crippen molar-refractivity contribution in [3.63, 3.8) is 0 Å². The minimum atomic E-state index is -3.63. The summed E-state index contributed by atoms with van der Waals surface area (Å²) in [5.41, 5.74) is 0.905. The van der Waals surface area contributed by atoms with Gasteiger partial charge in [-0.2, -0.15) is 4.31 Å². The van der Waals surface area contributed by atoms with Crippen molar-refractivity contribution < 1.29 is 13.2 Å². The fourth-order valence-corrected chi connectivity index (χ4v) is 4.62. The molecule has 0 bridgehead atoms. The van der Waals surface area contributed by atoms with E-state index in [1.54, 1.807) is 24.5 Å². The molecule has 1 atom stereocenters. The summed E-state index contributed by atoms with van der Waals surface area (Å²) in [6, 6.07) is 9.77. The van der Waals surface area contributed by atoms with Gasteiger partial charge in [0.15, 0.2) is 0 Å². The molecular formula is C18H20ClN3O3S. The quantitative estimate of drug-likeness (QED) is 0.846. The van der Waals surface area contributed by atoms with E-state index in [1.807, 2.05) is 12.1 Å². The Labute approximate surface area is 158 Å². The van der Waals surface area contributed by atoms with Crippen LogP contribution < -0.4 is 5.32 Å². The Balaban J connectivity index is 1.64. The third-order valence-corrected chi connectivity index (χ3v) is 6.53. The molecule has 138 valence electrons. The van der Waals surface area contributed by atoms with Crippen LogP contribution in [-0.4, -0.2) is 36.7 Å². The zero-order chi connectivity index (χ0) is 18.6. The highest BCUT2D eigenvalue weighted by Crippen LogP contribution is 2.24. The molecule has 6 nitrogen and oxygen atoms in total. The van der Waals surface area contributed by atoms with E-state index in [0.717, 1.165) is 5.56 Å². The maximum absolute atomic E-state index is 12.8. The van der Waals surface area contributed by atoms with Crippen LogP contribution in [0, 0.1) is 5.92 Å². The summed E-state index contributed by atoms with van der Waals surface area (Å²) in [5.74, 6) is -0.493. The molecule has 0 spiro atoms. The highest BCUT2D eigenvalue weighted by atomic mass is 35.5. The second-order valence-electron chi connectivity index (χ2n) is 6.24. The molecule has 0 saturated carbocycles. The lowest BCUT2D eigenvalue weighted by molar-refractivity contribution is -0.126. The Hall–Kier alpha value is -1.96. The van der Waals surface area contributed by atoms with Crippen molar-refractivity contribution in [3.05, 3.63) is 59.4 Å². The van der Waals surface area contributed by atoms with E-state index in [9.17, 15) is 13.2 Å². The molecule has 1 aromatic carbocycles. The van der Waals surface area contributed by atoms with Gasteiger partial charge in [0, 0.05) is 37.1 Å². The third kappa shape index (κ3) is 4.41. The number of nitrogens with zero attached hydrogens (tertiary/aromatic N) is 2. The van der Waals surface area contributed by atoms with E-state index >= 15 is 0 Å². The van der Waals surface area contributed by atoms with Crippen molar-refractivity contribution >= 4 is 27.5 Å². The van der Waals surface area contributed by atoms with Crippen molar-refractivity contribution in [2.75, 3.05) is 13.1 Å². The molecule has 26 heavy (non-hydrogen) atoms. The van der Waals surface area contributed by atoms with Gasteiger partial charge in [-0.1, -0.05) is 17.7 Å². The first-order valence-corrected chi connectivity index (χ1v) is 10.2. The molecule has 1 N–H and O–H groups in total. The highest BCUT2D eigenvalue weighted by molar-refractivity contribution is 7.89. The van der Waals surface area contributed by atoms with Gasteiger partial charge in [0.25, 0.3) is 0 Å². The van der Waals surface area contributed by atoms with Gasteiger partial charge in [-0.25, -0.2) is 8.42 Å². The van der Waals surface area contributed by atoms with Crippen molar-refractivity contribution in [2.24, 2.45) is 5.92 Å². The lowest BCUT2D eigenvalue weighted by Gasteiger charge is -2.31. The fraction of sp³-hybridized carbons (Fsp3) is 0.333. The molecule has 3 rings (SSSR count). The number of hydrogen-bond donors (Lipinski definition) is 1. The molecule has 1 saturated heterocycles. The summed E-state index contributed by atoms with van der Waals surface area (Å²) in [5, 5.41) is 3.35. The van der Waals surface area contributed by atoms with Crippen LogP contribution in [0.25, 0.3) is 0 Å². The molecule has 1 aliphatic heterocycles. The Morgan fingerprint density at radius 3 is 2.73 bits per heavy atom. The second-order valence-corrected chi connectivity index (χ2v) is 8.61. The summed E-state index contributed by atoms with van der Waals surface area (Å²) in [4.78, 5) is 16.7. The summed E-state index contributed by atoms with van der Waals surface area (Å²) in [6.07, 6.45) is 4.69. The van der Waals surface area contributed by atoms with Gasteiger partial charge in [0.05, 0.1) is 10.8 Å². The summed E-state index contributed by atoms with van der Waals surface area (Å²) in [7, 11) is -3.63. The molecule has 1 amide bonds. The second kappa shape index (κ2) is 8.16. The standard InChI is InChI=1S/C18H20ClN3O3S/c19-16-5-7-17(8-6-16)26(24,25)22-10-2-4-15(13-22)18(23)21-12-14-3-1-9-20-11-14/h1,3,5-9,11,15H,2,4,10,12-13H2,(H,21,23). The van der Waals surface area contributed by atoms with Gasteiger partial charge in [0.2, 0.25) is 15.9 Å². The van der Waals surface area contributed by atoms with Crippen LogP contribution in [0.1, 0.15) is 18.4 Å². The van der Waals surface area contributed by atoms with Crippen LogP contribution in [0.3, 0.4) is 0 Å². The van der Waals surface area contributed by atoms with Crippen LogP contribution in [-0.2, 0) is 21.4 Å². The van der Waals surface area contributed by atoms with Crippen LogP contribution in [0.5, 0.6) is 0 Å². The first-order valence-electron chi connectivity index (χ1n) is 8.39. The predicted molar refractivity (Wildman–Crippen MR) is 99.0 cm³/mol. The number of nitrogens with one attached hydrogen (secondary N) is 1. The molecule has 8 heteroatoms. The van der Waals surface area contributed by atoms with Gasteiger partial charge in [0.1, 0.15) is 0 Å². The van der Waals surface area contributed by atoms with Crippen LogP contribution in [0.15, 0.2) is 53.7 Å².